The van der Waals surface area contributed by atoms with Crippen molar-refractivity contribution in [1.82, 2.24) is 10.3 Å². The van der Waals surface area contributed by atoms with Crippen molar-refractivity contribution in [2.24, 2.45) is 5.41 Å². The summed E-state index contributed by atoms with van der Waals surface area (Å²) in [4.78, 5) is 27.8. The molecule has 0 aliphatic heterocycles. The molecule has 0 saturated carbocycles. The molecule has 0 saturated heterocycles. The summed E-state index contributed by atoms with van der Waals surface area (Å²) in [6.45, 7) is 6.09. The third kappa shape index (κ3) is 4.56. The van der Waals surface area contributed by atoms with Gasteiger partial charge in [0.15, 0.2) is 0 Å². The average Bonchev–Trinajstić information content (AvgIpc) is 3.04. The number of amides is 2. The topological polar surface area (TPSA) is 74.0 Å². The molecule has 0 unspecified atom stereocenters. The number of H-pyrrole nitrogens is 1. The van der Waals surface area contributed by atoms with E-state index in [1.54, 1.807) is 24.3 Å². The van der Waals surface area contributed by atoms with Gasteiger partial charge in [0.25, 0.3) is 5.91 Å². The summed E-state index contributed by atoms with van der Waals surface area (Å²) in [6.07, 6.45) is 2.73. The van der Waals surface area contributed by atoms with Gasteiger partial charge < -0.3 is 15.6 Å². The van der Waals surface area contributed by atoms with Crippen molar-refractivity contribution in [3.63, 3.8) is 0 Å². The number of aromatic nitrogens is 1. The van der Waals surface area contributed by atoms with Crippen LogP contribution in [0.15, 0.2) is 54.7 Å². The minimum Gasteiger partial charge on any atom is -0.361 e. The summed E-state index contributed by atoms with van der Waals surface area (Å²) >= 11 is 0. The highest BCUT2D eigenvalue weighted by atomic mass is 16.2. The smallest absolute Gasteiger partial charge is 0.251 e. The van der Waals surface area contributed by atoms with E-state index < -0.39 is 5.41 Å². The summed E-state index contributed by atoms with van der Waals surface area (Å²) in [5.41, 5.74) is 2.94. The van der Waals surface area contributed by atoms with Crippen molar-refractivity contribution in [2.45, 2.75) is 27.2 Å². The number of anilines is 1. The first-order chi connectivity index (χ1) is 12.8. The summed E-state index contributed by atoms with van der Waals surface area (Å²) in [5, 5.41) is 6.98. The number of para-hydroxylation sites is 1. The third-order valence-electron chi connectivity index (χ3n) is 4.42. The summed E-state index contributed by atoms with van der Waals surface area (Å²) in [7, 11) is 0. The summed E-state index contributed by atoms with van der Waals surface area (Å²) in [6, 6.07) is 15.1. The van der Waals surface area contributed by atoms with Crippen molar-refractivity contribution in [3.05, 3.63) is 65.9 Å². The largest absolute Gasteiger partial charge is 0.361 e. The molecule has 0 radical (unpaired) electrons. The lowest BCUT2D eigenvalue weighted by molar-refractivity contribution is -0.123. The Bertz CT molecular complexity index is 967. The van der Waals surface area contributed by atoms with Crippen LogP contribution in [-0.4, -0.2) is 23.3 Å². The SMILES string of the molecule is CC(C)(C)C(=O)Nc1cccc(C(=O)NCCc2c[nH]c3ccccc23)c1. The zero-order chi connectivity index (χ0) is 19.4. The van der Waals surface area contributed by atoms with Gasteiger partial charge in [0.05, 0.1) is 0 Å². The molecule has 5 nitrogen and oxygen atoms in total. The second-order valence-corrected chi connectivity index (χ2v) is 7.65. The van der Waals surface area contributed by atoms with Gasteiger partial charge in [-0.2, -0.15) is 0 Å². The Balaban J connectivity index is 1.59. The molecule has 0 atom stereocenters. The van der Waals surface area contributed by atoms with Crippen molar-refractivity contribution in [1.29, 1.82) is 0 Å². The van der Waals surface area contributed by atoms with Crippen LogP contribution < -0.4 is 10.6 Å². The Labute approximate surface area is 159 Å². The van der Waals surface area contributed by atoms with Gasteiger partial charge in [-0.1, -0.05) is 45.0 Å². The minimum absolute atomic E-state index is 0.0839. The lowest BCUT2D eigenvalue weighted by Crippen LogP contribution is -2.28. The normalized spacial score (nSPS) is 11.4. The van der Waals surface area contributed by atoms with E-state index in [9.17, 15) is 9.59 Å². The first kappa shape index (κ1) is 18.7. The van der Waals surface area contributed by atoms with Crippen LogP contribution in [0.5, 0.6) is 0 Å². The van der Waals surface area contributed by atoms with Gasteiger partial charge in [-0.05, 0) is 36.2 Å². The van der Waals surface area contributed by atoms with Gasteiger partial charge in [0.2, 0.25) is 5.91 Å². The van der Waals surface area contributed by atoms with Crippen LogP contribution in [-0.2, 0) is 11.2 Å². The van der Waals surface area contributed by atoms with Crippen LogP contribution in [0.1, 0.15) is 36.7 Å². The molecule has 2 aromatic carbocycles. The molecule has 1 aromatic heterocycles. The molecule has 3 aromatic rings. The number of aromatic amines is 1. The molecule has 0 fully saturated rings. The molecular weight excluding hydrogens is 338 g/mol. The fourth-order valence-corrected chi connectivity index (χ4v) is 2.81. The fourth-order valence-electron chi connectivity index (χ4n) is 2.81. The van der Waals surface area contributed by atoms with Crippen molar-refractivity contribution in [2.75, 3.05) is 11.9 Å². The lowest BCUT2D eigenvalue weighted by Gasteiger charge is -2.18. The van der Waals surface area contributed by atoms with E-state index in [4.69, 9.17) is 0 Å². The Morgan fingerprint density at radius 1 is 1.04 bits per heavy atom. The zero-order valence-electron chi connectivity index (χ0n) is 15.9. The van der Waals surface area contributed by atoms with E-state index in [1.807, 2.05) is 45.2 Å². The van der Waals surface area contributed by atoms with E-state index in [2.05, 4.69) is 21.7 Å². The van der Waals surface area contributed by atoms with Crippen molar-refractivity contribution >= 4 is 28.4 Å². The molecular formula is C22H25N3O2. The molecule has 0 aliphatic rings. The lowest BCUT2D eigenvalue weighted by atomic mass is 9.95. The zero-order valence-corrected chi connectivity index (χ0v) is 15.9. The minimum atomic E-state index is -0.488. The molecule has 3 rings (SSSR count). The predicted octanol–water partition coefficient (Wildman–Crippen LogP) is 4.13. The molecule has 0 spiro atoms. The monoisotopic (exact) mass is 363 g/mol. The van der Waals surface area contributed by atoms with Gasteiger partial charge in [-0.3, -0.25) is 9.59 Å². The van der Waals surface area contributed by atoms with Gasteiger partial charge in [0, 0.05) is 40.3 Å². The van der Waals surface area contributed by atoms with E-state index in [0.717, 1.165) is 11.9 Å². The highest BCUT2D eigenvalue weighted by Gasteiger charge is 2.21. The Hall–Kier alpha value is -3.08. The standard InChI is InChI=1S/C22H25N3O2/c1-22(2,3)21(27)25-17-8-6-7-15(13-17)20(26)23-12-11-16-14-24-19-10-5-4-9-18(16)19/h4-10,13-14,24H,11-12H2,1-3H3,(H,23,26)(H,25,27). The third-order valence-corrected chi connectivity index (χ3v) is 4.42. The van der Waals surface area contributed by atoms with Gasteiger partial charge in [0.1, 0.15) is 0 Å². The number of hydrogen-bond acceptors (Lipinski definition) is 2. The number of fused-ring (bicyclic) bond motifs is 1. The maximum absolute atomic E-state index is 12.4. The van der Waals surface area contributed by atoms with Crippen LogP contribution in [0.25, 0.3) is 10.9 Å². The molecule has 2 amide bonds. The van der Waals surface area contributed by atoms with Gasteiger partial charge >= 0.3 is 0 Å². The fraction of sp³-hybridized carbons (Fsp3) is 0.273. The molecule has 0 aliphatic carbocycles. The molecule has 27 heavy (non-hydrogen) atoms. The number of carbonyl (C=O) groups is 2. The second-order valence-electron chi connectivity index (χ2n) is 7.65. The number of benzene rings is 2. The van der Waals surface area contributed by atoms with E-state index >= 15 is 0 Å². The Morgan fingerprint density at radius 3 is 2.59 bits per heavy atom. The van der Waals surface area contributed by atoms with E-state index in [1.165, 1.54) is 10.9 Å². The second kappa shape index (κ2) is 7.66. The van der Waals surface area contributed by atoms with Crippen LogP contribution in [0.2, 0.25) is 0 Å². The number of hydrogen-bond donors (Lipinski definition) is 3. The van der Waals surface area contributed by atoms with E-state index in [-0.39, 0.29) is 11.8 Å². The highest BCUT2D eigenvalue weighted by Crippen LogP contribution is 2.19. The Morgan fingerprint density at radius 2 is 1.81 bits per heavy atom. The van der Waals surface area contributed by atoms with Crippen LogP contribution in [0, 0.1) is 5.41 Å². The number of nitrogens with one attached hydrogen (secondary N) is 3. The predicted molar refractivity (Wildman–Crippen MR) is 109 cm³/mol. The van der Waals surface area contributed by atoms with Crippen molar-refractivity contribution < 1.29 is 9.59 Å². The number of rotatable bonds is 5. The first-order valence-electron chi connectivity index (χ1n) is 9.09. The van der Waals surface area contributed by atoms with Crippen molar-refractivity contribution in [3.8, 4) is 0 Å². The van der Waals surface area contributed by atoms with Crippen LogP contribution in [0.3, 0.4) is 0 Å². The van der Waals surface area contributed by atoms with Gasteiger partial charge in [-0.25, -0.2) is 0 Å². The van der Waals surface area contributed by atoms with Gasteiger partial charge in [-0.15, -0.1) is 0 Å². The average molecular weight is 363 g/mol. The molecule has 3 N–H and O–H groups in total. The van der Waals surface area contributed by atoms with E-state index in [0.29, 0.717) is 17.8 Å². The molecule has 0 bridgehead atoms. The molecule has 140 valence electrons. The molecule has 5 heteroatoms. The molecule has 1 heterocycles. The van der Waals surface area contributed by atoms with Crippen LogP contribution in [0.4, 0.5) is 5.69 Å². The quantitative estimate of drug-likeness (QED) is 0.638. The summed E-state index contributed by atoms with van der Waals surface area (Å²) < 4.78 is 0. The van der Waals surface area contributed by atoms with Crippen LogP contribution >= 0.6 is 0 Å². The Kier molecular flexibility index (Phi) is 5.31. The summed E-state index contributed by atoms with van der Waals surface area (Å²) in [5.74, 6) is -0.235. The first-order valence-corrected chi connectivity index (χ1v) is 9.09. The maximum atomic E-state index is 12.4. The maximum Gasteiger partial charge on any atom is 0.251 e. The highest BCUT2D eigenvalue weighted by molar-refractivity contribution is 5.98. The number of carbonyl (C=O) groups excluding carboxylic acids is 2.